The molecule has 4 aromatic rings. The average molecular weight is 537 g/mol. The quantitative estimate of drug-likeness (QED) is 0.214. The van der Waals surface area contributed by atoms with Crippen molar-refractivity contribution in [2.75, 3.05) is 0 Å². The molecular weight excluding hydrogens is 517 g/mol. The van der Waals surface area contributed by atoms with Gasteiger partial charge in [-0.05, 0) is 5.56 Å². The maximum atomic E-state index is 4.51. The number of aryl methyl sites for hydroxylation is 2. The van der Waals surface area contributed by atoms with Gasteiger partial charge in [0.15, 0.2) is 0 Å². The van der Waals surface area contributed by atoms with E-state index in [0.29, 0.717) is 0 Å². The normalized spacial score (nSPS) is 9.27. The van der Waals surface area contributed by atoms with Gasteiger partial charge >= 0.3 is 32.7 Å². The molecule has 0 saturated carbocycles. The first-order valence-electron chi connectivity index (χ1n) is 8.47. The first-order chi connectivity index (χ1) is 12.7. The van der Waals surface area contributed by atoms with Gasteiger partial charge in [-0.2, -0.15) is 36.4 Å². The van der Waals surface area contributed by atoms with E-state index in [1.807, 2.05) is 60.3 Å². The van der Waals surface area contributed by atoms with E-state index < -0.39 is 0 Å². The fraction of sp³-hybridized carbons (Fsp3) is 0.0800. The van der Waals surface area contributed by atoms with Crippen molar-refractivity contribution in [3.63, 3.8) is 0 Å². The second-order valence-electron chi connectivity index (χ2n) is 6.17. The van der Waals surface area contributed by atoms with Gasteiger partial charge in [-0.25, -0.2) is 46.5 Å². The summed E-state index contributed by atoms with van der Waals surface area (Å²) in [6.07, 6.45) is 3.80. The fourth-order valence-corrected chi connectivity index (χ4v) is 2.89. The summed E-state index contributed by atoms with van der Waals surface area (Å²) in [5.41, 5.74) is 6.09. The Balaban J connectivity index is 0.00000210. The van der Waals surface area contributed by atoms with Crippen LogP contribution in [0.25, 0.3) is 33.6 Å². The summed E-state index contributed by atoms with van der Waals surface area (Å²) in [6, 6.07) is 31.3. The molecule has 0 fully saturated rings. The van der Waals surface area contributed by atoms with E-state index in [9.17, 15) is 0 Å². The zero-order valence-corrected chi connectivity index (χ0v) is 23.2. The summed E-state index contributed by atoms with van der Waals surface area (Å²) in [5.74, 6) is 0.895. The number of aromatic nitrogens is 2. The molecule has 2 nitrogen and oxygen atoms in total. The van der Waals surface area contributed by atoms with Crippen LogP contribution in [0.2, 0.25) is 0 Å². The molecule has 140 valence electrons. The summed E-state index contributed by atoms with van der Waals surface area (Å²) in [5, 5.41) is 0. The van der Waals surface area contributed by atoms with E-state index in [-0.39, 0.29) is 81.3 Å². The summed E-state index contributed by atoms with van der Waals surface area (Å²) in [4.78, 5) is 4.51. The van der Waals surface area contributed by atoms with Crippen LogP contribution in [0.4, 0.5) is 0 Å². The fourth-order valence-electron chi connectivity index (χ4n) is 2.89. The molecule has 0 aliphatic heterocycles. The van der Waals surface area contributed by atoms with Crippen LogP contribution in [0.1, 0.15) is 5.56 Å². The summed E-state index contributed by atoms with van der Waals surface area (Å²) >= 11 is 0. The second kappa shape index (κ2) is 13.4. The second-order valence-corrected chi connectivity index (χ2v) is 6.17. The molecule has 1 heterocycles. The minimum Gasteiger partial charge on any atom is -0.358 e. The van der Waals surface area contributed by atoms with Crippen molar-refractivity contribution in [1.82, 2.24) is 4.98 Å². The van der Waals surface area contributed by atoms with Crippen LogP contribution >= 0.6 is 0 Å². The number of rotatable bonds is 3. The number of hydrogen-bond donors (Lipinski definition) is 0. The van der Waals surface area contributed by atoms with Gasteiger partial charge < -0.3 is 7.43 Å². The number of hydrogen-bond acceptors (Lipinski definition) is 1. The molecule has 1 aromatic heterocycles. The zero-order chi connectivity index (χ0) is 17.9. The first kappa shape index (κ1) is 29.0. The number of nitrogens with zero attached hydrogens (tertiary/aromatic N) is 2. The topological polar surface area (TPSA) is 16.8 Å². The standard InChI is InChI=1S/C24H17N2.CH3.B.2Y/c1-18-9-10-22(17-23(18)24-25-15-6-16-26(24)2)21-13-11-20(12-14-21)19-7-4-3-5-8-19;;;;/h3-7,9-11,14-16H,1-2H3;1H3;;;/q-3;-1;;;+3. The third-order valence-electron chi connectivity index (χ3n) is 4.34. The van der Waals surface area contributed by atoms with Crippen LogP contribution in [0.5, 0.6) is 0 Å². The van der Waals surface area contributed by atoms with Crippen molar-refractivity contribution in [3.05, 3.63) is 104 Å². The molecular formula is C25H20BN2Y2-. The molecule has 0 amide bonds. The van der Waals surface area contributed by atoms with E-state index >= 15 is 0 Å². The minimum absolute atomic E-state index is 0. The Morgan fingerprint density at radius 1 is 0.867 bits per heavy atom. The van der Waals surface area contributed by atoms with Crippen LogP contribution in [0.15, 0.2) is 67.0 Å². The van der Waals surface area contributed by atoms with E-state index in [4.69, 9.17) is 0 Å². The van der Waals surface area contributed by atoms with Gasteiger partial charge in [0.05, 0.1) is 13.2 Å². The van der Waals surface area contributed by atoms with Crippen LogP contribution in [-0.4, -0.2) is 13.4 Å². The molecule has 0 spiro atoms. The SMILES string of the molecule is Cc1ccc(-c2[c-]cc(-c3[c-]cccc3)[c-]c2)[c-]c1-c1nccc[n+]1C.[B].[CH3-].[Y+3].[Y]. The van der Waals surface area contributed by atoms with Crippen LogP contribution in [-0.2, 0) is 72.5 Å². The molecule has 0 atom stereocenters. The van der Waals surface area contributed by atoms with E-state index in [1.165, 1.54) is 0 Å². The van der Waals surface area contributed by atoms with Crippen LogP contribution in [0.3, 0.4) is 0 Å². The largest absolute Gasteiger partial charge is 3.00 e. The third-order valence-corrected chi connectivity index (χ3v) is 4.34. The Labute approximate surface area is 232 Å². The van der Waals surface area contributed by atoms with Gasteiger partial charge in [-0.3, -0.25) is 4.57 Å². The summed E-state index contributed by atoms with van der Waals surface area (Å²) in [7, 11) is 1.99. The predicted molar refractivity (Wildman–Crippen MR) is 114 cm³/mol. The molecule has 0 aliphatic carbocycles. The van der Waals surface area contributed by atoms with Gasteiger partial charge in [-0.15, -0.1) is 17.7 Å². The van der Waals surface area contributed by atoms with Gasteiger partial charge in [0.25, 0.3) is 5.82 Å². The average Bonchev–Trinajstić information content (AvgIpc) is 2.70. The Morgan fingerprint density at radius 3 is 2.17 bits per heavy atom. The first-order valence-corrected chi connectivity index (χ1v) is 8.47. The van der Waals surface area contributed by atoms with Crippen molar-refractivity contribution in [2.24, 2.45) is 7.05 Å². The monoisotopic (exact) mass is 537 g/mol. The van der Waals surface area contributed by atoms with Crippen molar-refractivity contribution >= 4 is 8.41 Å². The zero-order valence-electron chi connectivity index (χ0n) is 17.5. The number of benzene rings is 3. The Morgan fingerprint density at radius 2 is 1.57 bits per heavy atom. The van der Waals surface area contributed by atoms with E-state index in [2.05, 4.69) is 48.3 Å². The van der Waals surface area contributed by atoms with Gasteiger partial charge in [0.1, 0.15) is 6.20 Å². The Kier molecular flexibility index (Phi) is 13.0. The molecule has 5 heteroatoms. The van der Waals surface area contributed by atoms with Crippen LogP contribution in [0, 0.1) is 38.6 Å². The van der Waals surface area contributed by atoms with E-state index in [1.54, 1.807) is 6.20 Å². The molecule has 0 saturated heterocycles. The Bertz CT molecular complexity index is 1050. The molecule has 0 unspecified atom stereocenters. The van der Waals surface area contributed by atoms with Gasteiger partial charge in [0, 0.05) is 47.2 Å². The van der Waals surface area contributed by atoms with Gasteiger partial charge in [0.2, 0.25) is 0 Å². The molecule has 4 rings (SSSR count). The maximum Gasteiger partial charge on any atom is 3.00 e. The molecule has 3 aromatic carbocycles. The molecule has 4 radical (unpaired) electrons. The van der Waals surface area contributed by atoms with Crippen molar-refractivity contribution in [1.29, 1.82) is 0 Å². The minimum atomic E-state index is 0. The maximum absolute atomic E-state index is 4.51. The van der Waals surface area contributed by atoms with Gasteiger partial charge in [-0.1, -0.05) is 11.9 Å². The molecule has 0 N–H and O–H groups in total. The third kappa shape index (κ3) is 6.50. The molecule has 30 heavy (non-hydrogen) atoms. The summed E-state index contributed by atoms with van der Waals surface area (Å²) in [6.45, 7) is 2.08. The molecule has 0 bridgehead atoms. The predicted octanol–water partition coefficient (Wildman–Crippen LogP) is 4.48. The van der Waals surface area contributed by atoms with Crippen molar-refractivity contribution < 1.29 is 70.0 Å². The summed E-state index contributed by atoms with van der Waals surface area (Å²) < 4.78 is 2.01. The van der Waals surface area contributed by atoms with E-state index in [0.717, 1.165) is 39.2 Å². The molecule has 0 aliphatic rings. The van der Waals surface area contributed by atoms with Crippen molar-refractivity contribution in [3.8, 4) is 33.6 Å². The van der Waals surface area contributed by atoms with Crippen LogP contribution < -0.4 is 4.57 Å². The van der Waals surface area contributed by atoms with Crippen molar-refractivity contribution in [2.45, 2.75) is 6.92 Å². The Hall–Kier alpha value is -0.987. The smallest absolute Gasteiger partial charge is 0.358 e.